The summed E-state index contributed by atoms with van der Waals surface area (Å²) in [4.78, 5) is 0. The topological polar surface area (TPSA) is 35.6 Å². The maximum atomic E-state index is 4.41. The van der Waals surface area contributed by atoms with Crippen LogP contribution in [0.4, 0.5) is 0 Å². The Bertz CT molecular complexity index is 414. The van der Waals surface area contributed by atoms with E-state index in [-0.39, 0.29) is 0 Å². The number of aromatic nitrogens is 4. The first-order valence-electron chi connectivity index (χ1n) is 4.37. The van der Waals surface area contributed by atoms with E-state index in [1.54, 1.807) is 0 Å². The van der Waals surface area contributed by atoms with E-state index >= 15 is 0 Å². The normalized spacial score (nSPS) is 13.9. The molecule has 3 rings (SSSR count). The van der Waals surface area contributed by atoms with Crippen LogP contribution >= 0.6 is 0 Å². The third kappa shape index (κ3) is 0.915. The Labute approximate surface area is 75.8 Å². The summed E-state index contributed by atoms with van der Waals surface area (Å²) in [6.45, 7) is 3.72. The Morgan fingerprint density at radius 1 is 1.23 bits per heavy atom. The quantitative estimate of drug-likeness (QED) is 0.505. The Morgan fingerprint density at radius 2 is 2.08 bits per heavy atom. The second-order valence-corrected chi connectivity index (χ2v) is 3.41. The van der Waals surface area contributed by atoms with Crippen molar-refractivity contribution < 1.29 is 0 Å². The van der Waals surface area contributed by atoms with Crippen molar-refractivity contribution in [2.24, 2.45) is 0 Å². The minimum absolute atomic E-state index is 0.850. The summed E-state index contributed by atoms with van der Waals surface area (Å²) in [6, 6.07) is 4.16. The van der Waals surface area contributed by atoms with Gasteiger partial charge in [0.2, 0.25) is 0 Å². The monoisotopic (exact) mass is 174 g/mol. The molecule has 0 unspecified atom stereocenters. The first-order chi connectivity index (χ1) is 6.33. The highest BCUT2D eigenvalue weighted by Crippen LogP contribution is 2.15. The van der Waals surface area contributed by atoms with Gasteiger partial charge in [-0.3, -0.25) is 9.36 Å². The number of fused-ring (bicyclic) bond motifs is 2. The zero-order valence-electron chi connectivity index (χ0n) is 7.44. The van der Waals surface area contributed by atoms with Crippen LogP contribution in [-0.2, 0) is 13.1 Å². The molecule has 0 atom stereocenters. The molecule has 4 nitrogen and oxygen atoms in total. The lowest BCUT2D eigenvalue weighted by Crippen LogP contribution is -2.20. The van der Waals surface area contributed by atoms with Crippen molar-refractivity contribution in [3.8, 4) is 0 Å². The van der Waals surface area contributed by atoms with E-state index in [0.717, 1.165) is 18.8 Å². The lowest BCUT2D eigenvalue weighted by atomic mass is 10.3. The van der Waals surface area contributed by atoms with Crippen LogP contribution in [0.5, 0.6) is 0 Å². The zero-order chi connectivity index (χ0) is 8.84. The number of rotatable bonds is 0. The predicted octanol–water partition coefficient (Wildman–Crippen LogP) is 0.798. The van der Waals surface area contributed by atoms with Crippen LogP contribution in [0.2, 0.25) is 0 Å². The molecule has 2 aromatic heterocycles. The Balaban J connectivity index is 2.12. The molecule has 0 amide bonds. The highest BCUT2D eigenvalue weighted by atomic mass is 15.4. The van der Waals surface area contributed by atoms with Crippen LogP contribution < -0.4 is 0 Å². The molecular weight excluding hydrogens is 164 g/mol. The highest BCUT2D eigenvalue weighted by Gasteiger charge is 2.15. The minimum Gasteiger partial charge on any atom is -0.262 e. The zero-order valence-corrected chi connectivity index (χ0v) is 7.44. The third-order valence-corrected chi connectivity index (χ3v) is 2.41. The first kappa shape index (κ1) is 6.88. The number of nitrogens with zero attached hydrogens (tertiary/aromatic N) is 4. The molecule has 0 N–H and O–H groups in total. The van der Waals surface area contributed by atoms with E-state index in [1.165, 1.54) is 11.4 Å². The molecule has 0 saturated carbocycles. The molecule has 2 aromatic rings. The van der Waals surface area contributed by atoms with Gasteiger partial charge in [0.1, 0.15) is 0 Å². The van der Waals surface area contributed by atoms with Gasteiger partial charge in [-0.25, -0.2) is 0 Å². The van der Waals surface area contributed by atoms with E-state index in [1.807, 2.05) is 28.6 Å². The van der Waals surface area contributed by atoms with Gasteiger partial charge in [0.15, 0.2) is 0 Å². The van der Waals surface area contributed by atoms with Crippen molar-refractivity contribution in [2.75, 3.05) is 0 Å². The molecule has 1 aliphatic rings. The Kier molecular flexibility index (Phi) is 1.17. The molecule has 0 spiro atoms. The van der Waals surface area contributed by atoms with Gasteiger partial charge in [0.05, 0.1) is 30.2 Å². The SMILES string of the molecule is Cc1cc2n(n1)Cc1ccnn1C2. The van der Waals surface area contributed by atoms with Crippen LogP contribution in [0, 0.1) is 6.92 Å². The highest BCUT2D eigenvalue weighted by molar-refractivity contribution is 5.16. The van der Waals surface area contributed by atoms with Crippen LogP contribution in [0.15, 0.2) is 18.3 Å². The summed E-state index contributed by atoms with van der Waals surface area (Å²) < 4.78 is 4.07. The van der Waals surface area contributed by atoms with Crippen molar-refractivity contribution in [2.45, 2.75) is 20.0 Å². The third-order valence-electron chi connectivity index (χ3n) is 2.41. The van der Waals surface area contributed by atoms with Gasteiger partial charge in [0.25, 0.3) is 0 Å². The largest absolute Gasteiger partial charge is 0.262 e. The fourth-order valence-corrected chi connectivity index (χ4v) is 1.81. The summed E-state index contributed by atoms with van der Waals surface area (Å²) in [5, 5.41) is 8.65. The fraction of sp³-hybridized carbons (Fsp3) is 0.333. The van der Waals surface area contributed by atoms with E-state index in [4.69, 9.17) is 0 Å². The van der Waals surface area contributed by atoms with Crippen LogP contribution in [0.1, 0.15) is 17.1 Å². The lowest BCUT2D eigenvalue weighted by Gasteiger charge is -2.15. The van der Waals surface area contributed by atoms with Crippen molar-refractivity contribution in [1.82, 2.24) is 19.6 Å². The molecule has 0 aromatic carbocycles. The Hall–Kier alpha value is -1.58. The second kappa shape index (κ2) is 2.22. The maximum absolute atomic E-state index is 4.41. The van der Waals surface area contributed by atoms with Gasteiger partial charge >= 0.3 is 0 Å². The van der Waals surface area contributed by atoms with Crippen LogP contribution in [0.3, 0.4) is 0 Å². The molecule has 66 valence electrons. The minimum atomic E-state index is 0.850. The summed E-state index contributed by atoms with van der Waals surface area (Å²) in [7, 11) is 0. The smallest absolute Gasteiger partial charge is 0.0832 e. The lowest BCUT2D eigenvalue weighted by molar-refractivity contribution is 0.505. The standard InChI is InChI=1S/C9H10N4/c1-7-4-9-6-12-8(2-3-10-12)5-13(9)11-7/h2-4H,5-6H2,1H3. The van der Waals surface area contributed by atoms with Gasteiger partial charge < -0.3 is 0 Å². The van der Waals surface area contributed by atoms with E-state index < -0.39 is 0 Å². The van der Waals surface area contributed by atoms with Gasteiger partial charge in [-0.05, 0) is 19.1 Å². The second-order valence-electron chi connectivity index (χ2n) is 3.41. The molecule has 0 aliphatic carbocycles. The number of hydrogen-bond acceptors (Lipinski definition) is 2. The average molecular weight is 174 g/mol. The molecule has 3 heterocycles. The summed E-state index contributed by atoms with van der Waals surface area (Å²) >= 11 is 0. The van der Waals surface area contributed by atoms with Crippen molar-refractivity contribution in [3.05, 3.63) is 35.4 Å². The number of hydrogen-bond donors (Lipinski definition) is 0. The first-order valence-corrected chi connectivity index (χ1v) is 4.37. The maximum Gasteiger partial charge on any atom is 0.0832 e. The van der Waals surface area contributed by atoms with Gasteiger partial charge in [-0.2, -0.15) is 10.2 Å². The van der Waals surface area contributed by atoms with Crippen LogP contribution in [0.25, 0.3) is 0 Å². The number of aryl methyl sites for hydroxylation is 1. The van der Waals surface area contributed by atoms with E-state index in [0.29, 0.717) is 0 Å². The van der Waals surface area contributed by atoms with E-state index in [2.05, 4.69) is 16.3 Å². The van der Waals surface area contributed by atoms with Crippen molar-refractivity contribution >= 4 is 0 Å². The summed E-state index contributed by atoms with van der Waals surface area (Å²) in [6.07, 6.45) is 1.84. The van der Waals surface area contributed by atoms with E-state index in [9.17, 15) is 0 Å². The summed E-state index contributed by atoms with van der Waals surface area (Å²) in [5.74, 6) is 0. The van der Waals surface area contributed by atoms with Gasteiger partial charge in [0, 0.05) is 6.20 Å². The van der Waals surface area contributed by atoms with Crippen molar-refractivity contribution in [3.63, 3.8) is 0 Å². The molecule has 0 saturated heterocycles. The predicted molar refractivity (Wildman–Crippen MR) is 47.4 cm³/mol. The molecule has 0 radical (unpaired) electrons. The summed E-state index contributed by atoms with van der Waals surface area (Å²) in [5.41, 5.74) is 3.56. The van der Waals surface area contributed by atoms with Gasteiger partial charge in [-0.1, -0.05) is 0 Å². The molecule has 0 bridgehead atoms. The molecule has 1 aliphatic heterocycles. The average Bonchev–Trinajstić information content (AvgIpc) is 2.63. The molecule has 13 heavy (non-hydrogen) atoms. The van der Waals surface area contributed by atoms with Crippen molar-refractivity contribution in [1.29, 1.82) is 0 Å². The van der Waals surface area contributed by atoms with Gasteiger partial charge in [-0.15, -0.1) is 0 Å². The fourth-order valence-electron chi connectivity index (χ4n) is 1.81. The molecular formula is C9H10N4. The molecule has 4 heteroatoms. The Morgan fingerprint density at radius 3 is 3.00 bits per heavy atom. The van der Waals surface area contributed by atoms with Crippen LogP contribution in [-0.4, -0.2) is 19.6 Å². The molecule has 0 fully saturated rings.